The number of nitrogens with one attached hydrogen (secondary N) is 1. The molecule has 0 bridgehead atoms. The molecule has 1 heterocycles. The van der Waals surface area contributed by atoms with Gasteiger partial charge in [-0.1, -0.05) is 6.92 Å². The number of hydrogen-bond donors (Lipinski definition) is 1. The number of hydrogen-bond acceptors (Lipinski definition) is 3. The summed E-state index contributed by atoms with van der Waals surface area (Å²) in [5.74, 6) is 1.92. The fourth-order valence-corrected chi connectivity index (χ4v) is 2.79. The van der Waals surface area contributed by atoms with Gasteiger partial charge in [-0.15, -0.1) is 0 Å². The number of methoxy groups -OCH3 is 2. The molecule has 18 heavy (non-hydrogen) atoms. The van der Waals surface area contributed by atoms with E-state index in [1.54, 1.807) is 14.2 Å². The quantitative estimate of drug-likeness (QED) is 0.890. The van der Waals surface area contributed by atoms with Crippen molar-refractivity contribution in [3.63, 3.8) is 0 Å². The van der Waals surface area contributed by atoms with Gasteiger partial charge in [-0.3, -0.25) is 0 Å². The van der Waals surface area contributed by atoms with Gasteiger partial charge >= 0.3 is 0 Å². The Hall–Kier alpha value is -1.22. The summed E-state index contributed by atoms with van der Waals surface area (Å²) in [5.41, 5.74) is 2.40. The second-order valence-corrected chi connectivity index (χ2v) is 5.08. The average molecular weight is 249 g/mol. The third-order valence-corrected chi connectivity index (χ3v) is 3.95. The molecule has 2 rings (SSSR count). The van der Waals surface area contributed by atoms with Gasteiger partial charge in [-0.2, -0.15) is 0 Å². The van der Waals surface area contributed by atoms with Crippen molar-refractivity contribution < 1.29 is 9.47 Å². The van der Waals surface area contributed by atoms with E-state index < -0.39 is 0 Å². The summed E-state index contributed by atoms with van der Waals surface area (Å²) in [5, 5.41) is 3.58. The molecular formula is C15H23NO2. The van der Waals surface area contributed by atoms with Crippen molar-refractivity contribution in [1.82, 2.24) is 5.32 Å². The van der Waals surface area contributed by atoms with Crippen LogP contribution < -0.4 is 14.8 Å². The number of benzene rings is 1. The first-order valence-electron chi connectivity index (χ1n) is 6.65. The van der Waals surface area contributed by atoms with Crippen molar-refractivity contribution in [2.45, 2.75) is 38.6 Å². The highest BCUT2D eigenvalue weighted by Gasteiger charge is 2.33. The third kappa shape index (κ3) is 2.19. The van der Waals surface area contributed by atoms with Crippen LogP contribution >= 0.6 is 0 Å². The number of ether oxygens (including phenoxy) is 2. The maximum Gasteiger partial charge on any atom is 0.124 e. The molecule has 3 heteroatoms. The van der Waals surface area contributed by atoms with Crippen LogP contribution in [0.15, 0.2) is 12.1 Å². The van der Waals surface area contributed by atoms with Crippen LogP contribution in [-0.2, 0) is 12.0 Å². The summed E-state index contributed by atoms with van der Waals surface area (Å²) in [6.07, 6.45) is 3.29. The van der Waals surface area contributed by atoms with E-state index in [-0.39, 0.29) is 5.54 Å². The minimum atomic E-state index is 0.00486. The Balaban J connectivity index is 2.51. The van der Waals surface area contributed by atoms with E-state index in [9.17, 15) is 0 Å². The van der Waals surface area contributed by atoms with Gasteiger partial charge < -0.3 is 14.8 Å². The standard InChI is InChI=1S/C15H23NO2/c1-5-11-9-14(18-4)12(10-13(11)17-3)15(2)7-6-8-16-15/h9-10,16H,5-8H2,1-4H3. The second kappa shape index (κ2) is 5.19. The van der Waals surface area contributed by atoms with Gasteiger partial charge in [-0.25, -0.2) is 0 Å². The Morgan fingerprint density at radius 2 is 1.94 bits per heavy atom. The first-order chi connectivity index (χ1) is 8.64. The molecule has 1 fully saturated rings. The van der Waals surface area contributed by atoms with Gasteiger partial charge in [0.1, 0.15) is 11.5 Å². The van der Waals surface area contributed by atoms with E-state index >= 15 is 0 Å². The fraction of sp³-hybridized carbons (Fsp3) is 0.600. The van der Waals surface area contributed by atoms with Crippen LogP contribution in [0.5, 0.6) is 11.5 Å². The zero-order chi connectivity index (χ0) is 13.2. The Labute approximate surface area is 109 Å². The van der Waals surface area contributed by atoms with Crippen LogP contribution in [-0.4, -0.2) is 20.8 Å². The van der Waals surface area contributed by atoms with E-state index in [2.05, 4.69) is 31.3 Å². The molecule has 1 aromatic carbocycles. The topological polar surface area (TPSA) is 30.5 Å². The van der Waals surface area contributed by atoms with Crippen molar-refractivity contribution >= 4 is 0 Å². The van der Waals surface area contributed by atoms with E-state index in [1.165, 1.54) is 17.5 Å². The second-order valence-electron chi connectivity index (χ2n) is 5.08. The van der Waals surface area contributed by atoms with Gasteiger partial charge in [0.2, 0.25) is 0 Å². The SMILES string of the molecule is CCc1cc(OC)c(C2(C)CCCN2)cc1OC. The number of aryl methyl sites for hydroxylation is 1. The van der Waals surface area contributed by atoms with Crippen LogP contribution in [0, 0.1) is 0 Å². The molecule has 1 aromatic rings. The lowest BCUT2D eigenvalue weighted by Crippen LogP contribution is -2.33. The monoisotopic (exact) mass is 249 g/mol. The molecule has 0 amide bonds. The molecule has 100 valence electrons. The van der Waals surface area contributed by atoms with E-state index in [0.717, 1.165) is 30.9 Å². The fourth-order valence-electron chi connectivity index (χ4n) is 2.79. The Bertz CT molecular complexity index is 423. The van der Waals surface area contributed by atoms with Gasteiger partial charge in [0, 0.05) is 11.1 Å². The summed E-state index contributed by atoms with van der Waals surface area (Å²) in [4.78, 5) is 0. The lowest BCUT2D eigenvalue weighted by atomic mass is 9.88. The molecule has 1 unspecified atom stereocenters. The number of rotatable bonds is 4. The molecule has 0 radical (unpaired) electrons. The van der Waals surface area contributed by atoms with Crippen molar-refractivity contribution in [2.24, 2.45) is 0 Å². The van der Waals surface area contributed by atoms with Gasteiger partial charge in [0.25, 0.3) is 0 Å². The van der Waals surface area contributed by atoms with Crippen molar-refractivity contribution in [1.29, 1.82) is 0 Å². The summed E-state index contributed by atoms with van der Waals surface area (Å²) in [7, 11) is 3.47. The van der Waals surface area contributed by atoms with E-state index in [0.29, 0.717) is 0 Å². The van der Waals surface area contributed by atoms with Crippen molar-refractivity contribution in [3.8, 4) is 11.5 Å². The average Bonchev–Trinajstić information content (AvgIpc) is 2.85. The molecule has 1 saturated heterocycles. The summed E-state index contributed by atoms with van der Waals surface area (Å²) in [6.45, 7) is 5.44. The third-order valence-electron chi connectivity index (χ3n) is 3.95. The molecule has 0 aliphatic carbocycles. The predicted molar refractivity (Wildman–Crippen MR) is 73.5 cm³/mol. The molecule has 1 atom stereocenters. The van der Waals surface area contributed by atoms with Crippen LogP contribution in [0.4, 0.5) is 0 Å². The van der Waals surface area contributed by atoms with Crippen LogP contribution in [0.3, 0.4) is 0 Å². The first kappa shape index (κ1) is 13.2. The highest BCUT2D eigenvalue weighted by molar-refractivity contribution is 5.49. The summed E-state index contributed by atoms with van der Waals surface area (Å²) < 4.78 is 11.1. The Morgan fingerprint density at radius 1 is 1.22 bits per heavy atom. The molecule has 1 N–H and O–H groups in total. The van der Waals surface area contributed by atoms with Crippen LogP contribution in [0.2, 0.25) is 0 Å². The zero-order valence-electron chi connectivity index (χ0n) is 11.8. The molecule has 1 aliphatic rings. The first-order valence-corrected chi connectivity index (χ1v) is 6.65. The molecule has 0 saturated carbocycles. The van der Waals surface area contributed by atoms with Gasteiger partial charge in [0.05, 0.1) is 14.2 Å². The molecule has 3 nitrogen and oxygen atoms in total. The summed E-state index contributed by atoms with van der Waals surface area (Å²) in [6, 6.07) is 4.25. The Kier molecular flexibility index (Phi) is 3.81. The van der Waals surface area contributed by atoms with E-state index in [4.69, 9.17) is 9.47 Å². The predicted octanol–water partition coefficient (Wildman–Crippen LogP) is 2.86. The Morgan fingerprint density at radius 3 is 2.44 bits per heavy atom. The summed E-state index contributed by atoms with van der Waals surface area (Å²) >= 11 is 0. The van der Waals surface area contributed by atoms with Crippen LogP contribution in [0.25, 0.3) is 0 Å². The van der Waals surface area contributed by atoms with Gasteiger partial charge in [-0.05, 0) is 50.4 Å². The minimum absolute atomic E-state index is 0.00486. The molecular weight excluding hydrogens is 226 g/mol. The normalized spacial score (nSPS) is 23.1. The maximum absolute atomic E-state index is 5.57. The highest BCUT2D eigenvalue weighted by atomic mass is 16.5. The molecule has 0 spiro atoms. The lowest BCUT2D eigenvalue weighted by molar-refractivity contribution is 0.362. The minimum Gasteiger partial charge on any atom is -0.496 e. The van der Waals surface area contributed by atoms with Gasteiger partial charge in [0.15, 0.2) is 0 Å². The highest BCUT2D eigenvalue weighted by Crippen LogP contribution is 2.40. The maximum atomic E-state index is 5.57. The smallest absolute Gasteiger partial charge is 0.124 e. The molecule has 1 aliphatic heterocycles. The zero-order valence-corrected chi connectivity index (χ0v) is 11.8. The molecule has 0 aromatic heterocycles. The lowest BCUT2D eigenvalue weighted by Gasteiger charge is -2.28. The van der Waals surface area contributed by atoms with E-state index in [1.807, 2.05) is 0 Å². The van der Waals surface area contributed by atoms with Crippen molar-refractivity contribution in [2.75, 3.05) is 20.8 Å². The van der Waals surface area contributed by atoms with Crippen LogP contribution in [0.1, 0.15) is 37.8 Å². The largest absolute Gasteiger partial charge is 0.496 e. The van der Waals surface area contributed by atoms with Crippen molar-refractivity contribution in [3.05, 3.63) is 23.3 Å².